The predicted octanol–water partition coefficient (Wildman–Crippen LogP) is 2.23. The molecule has 0 bridgehead atoms. The number of nitrogens with one attached hydrogen (secondary N) is 1. The summed E-state index contributed by atoms with van der Waals surface area (Å²) < 4.78 is 0. The van der Waals surface area contributed by atoms with Gasteiger partial charge in [-0.3, -0.25) is 9.69 Å². The number of rotatable bonds is 4. The highest BCUT2D eigenvalue weighted by Gasteiger charge is 2.32. The quantitative estimate of drug-likeness (QED) is 0.885. The van der Waals surface area contributed by atoms with Gasteiger partial charge in [0.25, 0.3) is 0 Å². The smallest absolute Gasteiger partial charge is 0.325 e. The van der Waals surface area contributed by atoms with Gasteiger partial charge in [0, 0.05) is 25.7 Å². The standard InChI is InChI=1S/C16H24N2O2/c1-11(2)13-4-6-14(7-5-13)15(16(19)20)18-9-8-17-10-12(18)3/h4-7,11-12,15,17H,8-10H2,1-3H3,(H,19,20). The molecular formula is C16H24N2O2. The van der Waals surface area contributed by atoms with Gasteiger partial charge in [-0.15, -0.1) is 0 Å². The zero-order valence-corrected chi connectivity index (χ0v) is 12.5. The molecule has 4 heteroatoms. The third-order valence-electron chi connectivity index (χ3n) is 4.04. The average molecular weight is 276 g/mol. The van der Waals surface area contributed by atoms with Crippen LogP contribution in [0.4, 0.5) is 0 Å². The van der Waals surface area contributed by atoms with E-state index in [1.807, 2.05) is 24.3 Å². The van der Waals surface area contributed by atoms with E-state index in [0.29, 0.717) is 5.92 Å². The molecule has 2 atom stereocenters. The topological polar surface area (TPSA) is 52.6 Å². The molecule has 0 saturated carbocycles. The number of carboxylic acids is 1. The first-order valence-corrected chi connectivity index (χ1v) is 7.30. The molecule has 1 fully saturated rings. The van der Waals surface area contributed by atoms with Crippen molar-refractivity contribution >= 4 is 5.97 Å². The van der Waals surface area contributed by atoms with Crippen LogP contribution in [0.5, 0.6) is 0 Å². The molecule has 2 N–H and O–H groups in total. The molecule has 0 aromatic heterocycles. The molecule has 1 saturated heterocycles. The summed E-state index contributed by atoms with van der Waals surface area (Å²) in [5.74, 6) is -0.304. The van der Waals surface area contributed by atoms with E-state index < -0.39 is 12.0 Å². The number of aliphatic carboxylic acids is 1. The van der Waals surface area contributed by atoms with Crippen molar-refractivity contribution in [1.29, 1.82) is 0 Å². The van der Waals surface area contributed by atoms with Crippen molar-refractivity contribution in [2.75, 3.05) is 19.6 Å². The van der Waals surface area contributed by atoms with Crippen molar-refractivity contribution in [1.82, 2.24) is 10.2 Å². The molecule has 1 aliphatic rings. The molecule has 4 nitrogen and oxygen atoms in total. The van der Waals surface area contributed by atoms with Crippen LogP contribution in [0, 0.1) is 0 Å². The summed E-state index contributed by atoms with van der Waals surface area (Å²) >= 11 is 0. The van der Waals surface area contributed by atoms with Gasteiger partial charge in [0.1, 0.15) is 6.04 Å². The van der Waals surface area contributed by atoms with E-state index in [-0.39, 0.29) is 6.04 Å². The normalized spacial score (nSPS) is 21.9. The first-order valence-electron chi connectivity index (χ1n) is 7.30. The van der Waals surface area contributed by atoms with Crippen molar-refractivity contribution in [3.8, 4) is 0 Å². The number of nitrogens with zero attached hydrogens (tertiary/aromatic N) is 1. The Hall–Kier alpha value is -1.39. The monoisotopic (exact) mass is 276 g/mol. The lowest BCUT2D eigenvalue weighted by atomic mass is 9.97. The second-order valence-corrected chi connectivity index (χ2v) is 5.85. The van der Waals surface area contributed by atoms with Crippen LogP contribution < -0.4 is 5.32 Å². The van der Waals surface area contributed by atoms with E-state index >= 15 is 0 Å². The Labute approximate surface area is 120 Å². The third-order valence-corrected chi connectivity index (χ3v) is 4.04. The zero-order chi connectivity index (χ0) is 14.7. The summed E-state index contributed by atoms with van der Waals surface area (Å²) in [5, 5.41) is 12.9. The van der Waals surface area contributed by atoms with E-state index in [0.717, 1.165) is 25.2 Å². The Kier molecular flexibility index (Phi) is 4.78. The second-order valence-electron chi connectivity index (χ2n) is 5.85. The fourth-order valence-corrected chi connectivity index (χ4v) is 2.78. The minimum absolute atomic E-state index is 0.231. The van der Waals surface area contributed by atoms with Crippen LogP contribution in [0.25, 0.3) is 0 Å². The van der Waals surface area contributed by atoms with Gasteiger partial charge in [-0.1, -0.05) is 38.1 Å². The molecule has 1 heterocycles. The molecular weight excluding hydrogens is 252 g/mol. The van der Waals surface area contributed by atoms with Crippen LogP contribution in [-0.2, 0) is 4.79 Å². The lowest BCUT2D eigenvalue weighted by Gasteiger charge is -2.38. The highest BCUT2D eigenvalue weighted by atomic mass is 16.4. The summed E-state index contributed by atoms with van der Waals surface area (Å²) in [4.78, 5) is 13.8. The highest BCUT2D eigenvalue weighted by molar-refractivity contribution is 5.75. The Morgan fingerprint density at radius 1 is 1.30 bits per heavy atom. The van der Waals surface area contributed by atoms with Crippen LogP contribution in [0.2, 0.25) is 0 Å². The maximum Gasteiger partial charge on any atom is 0.325 e. The van der Waals surface area contributed by atoms with Gasteiger partial charge in [-0.25, -0.2) is 0 Å². The van der Waals surface area contributed by atoms with E-state index in [4.69, 9.17) is 0 Å². The van der Waals surface area contributed by atoms with Crippen molar-refractivity contribution in [3.05, 3.63) is 35.4 Å². The van der Waals surface area contributed by atoms with Gasteiger partial charge < -0.3 is 10.4 Å². The summed E-state index contributed by atoms with van der Waals surface area (Å²) in [6.45, 7) is 8.81. The fourth-order valence-electron chi connectivity index (χ4n) is 2.78. The van der Waals surface area contributed by atoms with Gasteiger partial charge in [0.15, 0.2) is 0 Å². The lowest BCUT2D eigenvalue weighted by molar-refractivity contribution is -0.145. The molecule has 1 aromatic rings. The number of carboxylic acid groups (broad SMARTS) is 1. The zero-order valence-electron chi connectivity index (χ0n) is 12.5. The summed E-state index contributed by atoms with van der Waals surface area (Å²) in [5.41, 5.74) is 2.11. The van der Waals surface area contributed by atoms with E-state index in [9.17, 15) is 9.90 Å². The van der Waals surface area contributed by atoms with Gasteiger partial charge >= 0.3 is 5.97 Å². The second kappa shape index (κ2) is 6.37. The molecule has 0 aliphatic carbocycles. The molecule has 1 aliphatic heterocycles. The van der Waals surface area contributed by atoms with E-state index in [1.54, 1.807) is 0 Å². The number of benzene rings is 1. The Balaban J connectivity index is 2.26. The Morgan fingerprint density at radius 3 is 2.40 bits per heavy atom. The largest absolute Gasteiger partial charge is 0.480 e. The van der Waals surface area contributed by atoms with Gasteiger partial charge in [0.05, 0.1) is 0 Å². The van der Waals surface area contributed by atoms with Crippen LogP contribution >= 0.6 is 0 Å². The molecule has 0 spiro atoms. The van der Waals surface area contributed by atoms with Crippen molar-refractivity contribution in [2.24, 2.45) is 0 Å². The maximum atomic E-state index is 11.7. The van der Waals surface area contributed by atoms with Crippen molar-refractivity contribution < 1.29 is 9.90 Å². The molecule has 0 radical (unpaired) electrons. The van der Waals surface area contributed by atoms with Gasteiger partial charge in [-0.05, 0) is 24.0 Å². The Morgan fingerprint density at radius 2 is 1.90 bits per heavy atom. The molecule has 2 unspecified atom stereocenters. The van der Waals surface area contributed by atoms with Gasteiger partial charge in [0.2, 0.25) is 0 Å². The number of carbonyl (C=O) groups is 1. The van der Waals surface area contributed by atoms with E-state index in [1.165, 1.54) is 5.56 Å². The SMILES string of the molecule is CC(C)c1ccc(C(C(=O)O)N2CCNCC2C)cc1. The number of hydrogen-bond acceptors (Lipinski definition) is 3. The maximum absolute atomic E-state index is 11.7. The van der Waals surface area contributed by atoms with Crippen LogP contribution in [-0.4, -0.2) is 41.7 Å². The average Bonchev–Trinajstić information content (AvgIpc) is 2.41. The minimum Gasteiger partial charge on any atom is -0.480 e. The van der Waals surface area contributed by atoms with Crippen molar-refractivity contribution in [2.45, 2.75) is 38.8 Å². The first kappa shape index (κ1) is 15.0. The minimum atomic E-state index is -0.768. The van der Waals surface area contributed by atoms with E-state index in [2.05, 4.69) is 31.0 Å². The number of hydrogen-bond donors (Lipinski definition) is 2. The van der Waals surface area contributed by atoms with Crippen LogP contribution in [0.15, 0.2) is 24.3 Å². The molecule has 2 rings (SSSR count). The first-order chi connectivity index (χ1) is 9.50. The highest BCUT2D eigenvalue weighted by Crippen LogP contribution is 2.26. The van der Waals surface area contributed by atoms with Gasteiger partial charge in [-0.2, -0.15) is 0 Å². The predicted molar refractivity (Wildman–Crippen MR) is 79.9 cm³/mol. The lowest BCUT2D eigenvalue weighted by Crippen LogP contribution is -2.52. The third kappa shape index (κ3) is 3.19. The summed E-state index contributed by atoms with van der Waals surface area (Å²) in [7, 11) is 0. The molecule has 110 valence electrons. The molecule has 0 amide bonds. The Bertz CT molecular complexity index is 456. The molecule has 1 aromatic carbocycles. The number of piperazine rings is 1. The van der Waals surface area contributed by atoms with Crippen LogP contribution in [0.1, 0.15) is 43.9 Å². The summed E-state index contributed by atoms with van der Waals surface area (Å²) in [6, 6.07) is 7.69. The fraction of sp³-hybridized carbons (Fsp3) is 0.562. The summed E-state index contributed by atoms with van der Waals surface area (Å²) in [6.07, 6.45) is 0. The van der Waals surface area contributed by atoms with Crippen molar-refractivity contribution in [3.63, 3.8) is 0 Å². The van der Waals surface area contributed by atoms with Crippen LogP contribution in [0.3, 0.4) is 0 Å². The molecule has 20 heavy (non-hydrogen) atoms.